The van der Waals surface area contributed by atoms with E-state index in [4.69, 9.17) is 5.73 Å². The molecule has 0 unspecified atom stereocenters. The Morgan fingerprint density at radius 2 is 2.06 bits per heavy atom. The summed E-state index contributed by atoms with van der Waals surface area (Å²) in [5.41, 5.74) is 6.71. The fraction of sp³-hybridized carbons (Fsp3) is 0.308. The van der Waals surface area contributed by atoms with E-state index >= 15 is 0 Å². The molecular formula is C13H12IN3O. The molecule has 0 aromatic carbocycles. The number of halogens is 1. The summed E-state index contributed by atoms with van der Waals surface area (Å²) in [5, 5.41) is 2.13. The fourth-order valence-corrected chi connectivity index (χ4v) is 2.83. The van der Waals surface area contributed by atoms with Crippen molar-refractivity contribution in [3.63, 3.8) is 0 Å². The molecule has 92 valence electrons. The van der Waals surface area contributed by atoms with Crippen LogP contribution in [0.5, 0.6) is 0 Å². The normalized spacial score (nSPS) is 16.8. The molecule has 5 heteroatoms. The molecule has 1 fully saturated rings. The van der Waals surface area contributed by atoms with Crippen LogP contribution < -0.4 is 5.73 Å². The first-order valence-corrected chi connectivity index (χ1v) is 6.84. The lowest BCUT2D eigenvalue weighted by Crippen LogP contribution is -2.29. The van der Waals surface area contributed by atoms with E-state index in [1.807, 2.05) is 19.2 Å². The van der Waals surface area contributed by atoms with Crippen LogP contribution in [0.1, 0.15) is 24.2 Å². The Kier molecular flexibility index (Phi) is 2.55. The quantitative estimate of drug-likeness (QED) is 0.841. The Morgan fingerprint density at radius 3 is 2.67 bits per heavy atom. The monoisotopic (exact) mass is 353 g/mol. The largest absolute Gasteiger partial charge is 0.369 e. The van der Waals surface area contributed by atoms with Gasteiger partial charge in [0.25, 0.3) is 0 Å². The first kappa shape index (κ1) is 11.8. The molecule has 2 N–H and O–H groups in total. The Hall–Kier alpha value is -1.24. The number of carbonyl (C=O) groups excluding carboxylic acids is 1. The molecule has 18 heavy (non-hydrogen) atoms. The highest BCUT2D eigenvalue weighted by molar-refractivity contribution is 14.1. The second-order valence-electron chi connectivity index (χ2n) is 4.75. The Balaban J connectivity index is 2.24. The van der Waals surface area contributed by atoms with Crippen LogP contribution in [-0.2, 0) is 10.2 Å². The summed E-state index contributed by atoms with van der Waals surface area (Å²) in [6.07, 6.45) is 5.26. The van der Waals surface area contributed by atoms with Gasteiger partial charge in [-0.25, -0.2) is 0 Å². The number of rotatable bonds is 2. The van der Waals surface area contributed by atoms with Crippen molar-refractivity contribution in [2.45, 2.75) is 25.2 Å². The minimum atomic E-state index is -0.519. The van der Waals surface area contributed by atoms with E-state index in [0.29, 0.717) is 0 Å². The Labute approximate surface area is 118 Å². The Morgan fingerprint density at radius 1 is 1.33 bits per heavy atom. The third-order valence-electron chi connectivity index (χ3n) is 3.63. The zero-order valence-electron chi connectivity index (χ0n) is 9.90. The summed E-state index contributed by atoms with van der Waals surface area (Å²) >= 11 is 2.25. The van der Waals surface area contributed by atoms with Gasteiger partial charge in [0.1, 0.15) is 0 Å². The van der Waals surface area contributed by atoms with Gasteiger partial charge in [0.15, 0.2) is 0 Å². The molecule has 0 spiro atoms. The maximum atomic E-state index is 11.5. The molecule has 1 saturated carbocycles. The smallest absolute Gasteiger partial charge is 0.229 e. The molecule has 1 amide bonds. The first-order chi connectivity index (χ1) is 8.54. The SMILES string of the molecule is Cc1ncc(I)c2cc(C3(C(N)=O)CC3)ncc12. The maximum absolute atomic E-state index is 11.5. The second kappa shape index (κ2) is 3.88. The van der Waals surface area contributed by atoms with Crippen molar-refractivity contribution >= 4 is 39.3 Å². The van der Waals surface area contributed by atoms with E-state index in [2.05, 4.69) is 32.6 Å². The van der Waals surface area contributed by atoms with Crippen LogP contribution in [-0.4, -0.2) is 15.9 Å². The number of aromatic nitrogens is 2. The van der Waals surface area contributed by atoms with Crippen molar-refractivity contribution in [3.8, 4) is 0 Å². The van der Waals surface area contributed by atoms with Crippen LogP contribution in [0.2, 0.25) is 0 Å². The molecule has 0 aliphatic heterocycles. The summed E-state index contributed by atoms with van der Waals surface area (Å²) in [7, 11) is 0. The van der Waals surface area contributed by atoms with E-state index in [0.717, 1.165) is 38.6 Å². The van der Waals surface area contributed by atoms with Gasteiger partial charge in [-0.15, -0.1) is 0 Å². The lowest BCUT2D eigenvalue weighted by atomic mass is 9.99. The first-order valence-electron chi connectivity index (χ1n) is 5.76. The zero-order valence-corrected chi connectivity index (χ0v) is 12.1. The summed E-state index contributed by atoms with van der Waals surface area (Å²) < 4.78 is 1.07. The molecule has 2 aromatic rings. The minimum absolute atomic E-state index is 0.268. The van der Waals surface area contributed by atoms with Crippen molar-refractivity contribution in [2.24, 2.45) is 5.73 Å². The molecule has 1 aliphatic rings. The molecule has 3 rings (SSSR count). The third-order valence-corrected chi connectivity index (χ3v) is 4.49. The fourth-order valence-electron chi connectivity index (χ4n) is 2.25. The van der Waals surface area contributed by atoms with Crippen molar-refractivity contribution < 1.29 is 4.79 Å². The third kappa shape index (κ3) is 1.60. The maximum Gasteiger partial charge on any atom is 0.229 e. The number of nitrogens with zero attached hydrogens (tertiary/aromatic N) is 2. The number of amides is 1. The lowest BCUT2D eigenvalue weighted by molar-refractivity contribution is -0.120. The molecule has 0 saturated heterocycles. The average Bonchev–Trinajstić information content (AvgIpc) is 3.15. The van der Waals surface area contributed by atoms with E-state index < -0.39 is 5.41 Å². The van der Waals surface area contributed by atoms with Gasteiger partial charge in [-0.1, -0.05) is 0 Å². The van der Waals surface area contributed by atoms with E-state index in [1.165, 1.54) is 0 Å². The van der Waals surface area contributed by atoms with Crippen LogP contribution in [0, 0.1) is 10.5 Å². The minimum Gasteiger partial charge on any atom is -0.369 e. The van der Waals surface area contributed by atoms with Gasteiger partial charge in [0, 0.05) is 32.4 Å². The van der Waals surface area contributed by atoms with Crippen LogP contribution >= 0.6 is 22.6 Å². The number of hydrogen-bond donors (Lipinski definition) is 1. The summed E-state index contributed by atoms with van der Waals surface area (Å²) in [4.78, 5) is 20.3. The van der Waals surface area contributed by atoms with Gasteiger partial charge in [-0.3, -0.25) is 14.8 Å². The highest BCUT2D eigenvalue weighted by Crippen LogP contribution is 2.47. The molecule has 0 radical (unpaired) electrons. The second-order valence-corrected chi connectivity index (χ2v) is 5.92. The van der Waals surface area contributed by atoms with Crippen molar-refractivity contribution in [2.75, 3.05) is 0 Å². The lowest BCUT2D eigenvalue weighted by Gasteiger charge is -2.12. The standard InChI is InChI=1S/C13H12IN3O/c1-7-9-5-17-11(13(2-3-13)12(15)18)4-8(9)10(14)6-16-7/h4-6H,2-3H2,1H3,(H2,15,18). The number of hydrogen-bond acceptors (Lipinski definition) is 3. The molecule has 2 aromatic heterocycles. The number of primary amides is 1. The van der Waals surface area contributed by atoms with Gasteiger partial charge in [-0.2, -0.15) is 0 Å². The molecule has 1 aliphatic carbocycles. The predicted molar refractivity (Wildman–Crippen MR) is 77.1 cm³/mol. The van der Waals surface area contributed by atoms with Gasteiger partial charge < -0.3 is 5.73 Å². The van der Waals surface area contributed by atoms with E-state index in [-0.39, 0.29) is 5.91 Å². The number of pyridine rings is 2. The highest BCUT2D eigenvalue weighted by atomic mass is 127. The van der Waals surface area contributed by atoms with Crippen LogP contribution in [0.3, 0.4) is 0 Å². The summed E-state index contributed by atoms with van der Waals surface area (Å²) in [6, 6.07) is 1.99. The number of aryl methyl sites for hydroxylation is 1. The number of nitrogens with two attached hydrogens (primary N) is 1. The molecule has 4 nitrogen and oxygen atoms in total. The van der Waals surface area contributed by atoms with E-state index in [9.17, 15) is 4.79 Å². The number of carbonyl (C=O) groups is 1. The van der Waals surface area contributed by atoms with Gasteiger partial charge in [0.2, 0.25) is 5.91 Å². The van der Waals surface area contributed by atoms with Gasteiger partial charge >= 0.3 is 0 Å². The molecular weight excluding hydrogens is 341 g/mol. The zero-order chi connectivity index (χ0) is 12.9. The number of fused-ring (bicyclic) bond motifs is 1. The van der Waals surface area contributed by atoms with Crippen LogP contribution in [0.25, 0.3) is 10.8 Å². The molecule has 2 heterocycles. The van der Waals surface area contributed by atoms with Crippen molar-refractivity contribution in [3.05, 3.63) is 33.4 Å². The Bertz CT molecular complexity index is 665. The predicted octanol–water partition coefficient (Wildman–Crippen LogP) is 2.06. The summed E-state index contributed by atoms with van der Waals surface area (Å²) in [6.45, 7) is 1.96. The molecule has 0 bridgehead atoms. The van der Waals surface area contributed by atoms with Crippen LogP contribution in [0.15, 0.2) is 18.5 Å². The summed E-state index contributed by atoms with van der Waals surface area (Å²) in [5.74, 6) is -0.268. The van der Waals surface area contributed by atoms with E-state index in [1.54, 1.807) is 6.20 Å². The highest BCUT2D eigenvalue weighted by Gasteiger charge is 2.51. The average molecular weight is 353 g/mol. The van der Waals surface area contributed by atoms with Crippen molar-refractivity contribution in [1.82, 2.24) is 9.97 Å². The topological polar surface area (TPSA) is 68.9 Å². The van der Waals surface area contributed by atoms with Crippen LogP contribution in [0.4, 0.5) is 0 Å². The molecule has 0 atom stereocenters. The van der Waals surface area contributed by atoms with Crippen molar-refractivity contribution in [1.29, 1.82) is 0 Å². The van der Waals surface area contributed by atoms with Gasteiger partial charge in [-0.05, 0) is 48.4 Å². The van der Waals surface area contributed by atoms with Gasteiger partial charge in [0.05, 0.1) is 11.1 Å².